The third-order valence-electron chi connectivity index (χ3n) is 2.62. The lowest BCUT2D eigenvalue weighted by molar-refractivity contribution is -0.139. The summed E-state index contributed by atoms with van der Waals surface area (Å²) >= 11 is 0. The minimum absolute atomic E-state index is 0.0737. The Hall–Kier alpha value is -2.90. The van der Waals surface area contributed by atoms with Gasteiger partial charge in [-0.25, -0.2) is 9.78 Å². The Kier molecular flexibility index (Phi) is 3.94. The number of carbonyl (C=O) groups is 2. The Morgan fingerprint density at radius 3 is 2.80 bits per heavy atom. The fraction of sp³-hybridized carbons (Fsp3) is 0.167. The Morgan fingerprint density at radius 1 is 1.40 bits per heavy atom. The number of rotatable bonds is 5. The molecule has 8 nitrogen and oxygen atoms in total. The van der Waals surface area contributed by atoms with Crippen molar-refractivity contribution in [3.63, 3.8) is 0 Å². The second-order valence-electron chi connectivity index (χ2n) is 4.09. The summed E-state index contributed by atoms with van der Waals surface area (Å²) in [4.78, 5) is 43.0. The summed E-state index contributed by atoms with van der Waals surface area (Å²) < 4.78 is 0. The summed E-state index contributed by atoms with van der Waals surface area (Å²) in [6.45, 7) is 0. The van der Waals surface area contributed by atoms with Crippen LogP contribution in [0.2, 0.25) is 0 Å². The molecule has 8 heteroatoms. The Bertz CT molecular complexity index is 662. The van der Waals surface area contributed by atoms with E-state index in [2.05, 4.69) is 20.3 Å². The fourth-order valence-electron chi connectivity index (χ4n) is 1.64. The maximum Gasteiger partial charge on any atom is 0.326 e. The lowest BCUT2D eigenvalue weighted by Gasteiger charge is -2.13. The minimum atomic E-state index is -1.17. The van der Waals surface area contributed by atoms with Gasteiger partial charge in [-0.3, -0.25) is 9.59 Å². The number of aromatic nitrogens is 3. The van der Waals surface area contributed by atoms with Crippen molar-refractivity contribution in [2.24, 2.45) is 0 Å². The molecular weight excluding hydrogens is 264 g/mol. The van der Waals surface area contributed by atoms with Crippen LogP contribution in [0, 0.1) is 0 Å². The summed E-state index contributed by atoms with van der Waals surface area (Å²) in [6, 6.07) is 1.39. The van der Waals surface area contributed by atoms with Crippen molar-refractivity contribution in [2.45, 2.75) is 12.5 Å². The van der Waals surface area contributed by atoms with Crippen molar-refractivity contribution in [2.75, 3.05) is 0 Å². The SMILES string of the molecule is O=C(N[C@H](Cc1cnc[nH]1)C(=O)O)c1cc[nH]c(=O)c1. The quantitative estimate of drug-likeness (QED) is 0.586. The van der Waals surface area contributed by atoms with Crippen LogP contribution in [-0.4, -0.2) is 38.0 Å². The summed E-state index contributed by atoms with van der Waals surface area (Å²) in [7, 11) is 0. The van der Waals surface area contributed by atoms with Gasteiger partial charge in [0, 0.05) is 36.1 Å². The largest absolute Gasteiger partial charge is 0.480 e. The number of nitrogens with one attached hydrogen (secondary N) is 3. The van der Waals surface area contributed by atoms with Crippen LogP contribution in [0.1, 0.15) is 16.1 Å². The maximum absolute atomic E-state index is 11.9. The number of hydrogen-bond donors (Lipinski definition) is 4. The van der Waals surface area contributed by atoms with Crippen molar-refractivity contribution in [3.8, 4) is 0 Å². The molecule has 2 heterocycles. The number of aromatic amines is 2. The molecule has 4 N–H and O–H groups in total. The summed E-state index contributed by atoms with van der Waals surface area (Å²) in [6.07, 6.45) is 4.30. The molecule has 2 aromatic heterocycles. The highest BCUT2D eigenvalue weighted by molar-refractivity contribution is 5.96. The van der Waals surface area contributed by atoms with Crippen LogP contribution < -0.4 is 10.9 Å². The molecule has 0 fully saturated rings. The highest BCUT2D eigenvalue weighted by Gasteiger charge is 2.21. The number of pyridine rings is 1. The predicted octanol–water partition coefficient (Wildman–Crippen LogP) is -0.476. The second kappa shape index (κ2) is 5.83. The Labute approximate surface area is 112 Å². The van der Waals surface area contributed by atoms with Gasteiger partial charge in [0.15, 0.2) is 0 Å². The molecule has 0 saturated heterocycles. The van der Waals surface area contributed by atoms with Crippen LogP contribution in [0.3, 0.4) is 0 Å². The molecular formula is C12H12N4O4. The van der Waals surface area contributed by atoms with Crippen molar-refractivity contribution in [3.05, 3.63) is 52.5 Å². The summed E-state index contributed by atoms with van der Waals surface area (Å²) in [5, 5.41) is 11.5. The molecule has 0 aliphatic carbocycles. The molecule has 104 valence electrons. The molecule has 0 aliphatic heterocycles. The van der Waals surface area contributed by atoms with Crippen molar-refractivity contribution < 1.29 is 14.7 Å². The molecule has 1 atom stereocenters. The molecule has 1 amide bonds. The minimum Gasteiger partial charge on any atom is -0.480 e. The van der Waals surface area contributed by atoms with Gasteiger partial charge in [0.25, 0.3) is 5.91 Å². The maximum atomic E-state index is 11.9. The van der Waals surface area contributed by atoms with Crippen LogP contribution in [0.5, 0.6) is 0 Å². The third kappa shape index (κ3) is 3.31. The number of carboxylic acid groups (broad SMARTS) is 1. The number of imidazole rings is 1. The number of carboxylic acids is 1. The highest BCUT2D eigenvalue weighted by atomic mass is 16.4. The molecule has 0 bridgehead atoms. The molecule has 0 unspecified atom stereocenters. The van der Waals surface area contributed by atoms with E-state index < -0.39 is 23.5 Å². The number of H-pyrrole nitrogens is 2. The van der Waals surface area contributed by atoms with Gasteiger partial charge in [0.2, 0.25) is 5.56 Å². The average molecular weight is 276 g/mol. The topological polar surface area (TPSA) is 128 Å². The van der Waals surface area contributed by atoms with Gasteiger partial charge in [0.05, 0.1) is 6.33 Å². The molecule has 2 aromatic rings. The van der Waals surface area contributed by atoms with Gasteiger partial charge in [-0.05, 0) is 6.07 Å². The van der Waals surface area contributed by atoms with E-state index in [9.17, 15) is 14.4 Å². The number of hydrogen-bond acceptors (Lipinski definition) is 4. The molecule has 0 radical (unpaired) electrons. The van der Waals surface area contributed by atoms with Crippen LogP contribution in [0.25, 0.3) is 0 Å². The van der Waals surface area contributed by atoms with E-state index in [1.165, 1.54) is 24.8 Å². The van der Waals surface area contributed by atoms with E-state index in [-0.39, 0.29) is 12.0 Å². The molecule has 2 rings (SSSR count). The van der Waals surface area contributed by atoms with Gasteiger partial charge in [-0.15, -0.1) is 0 Å². The zero-order valence-corrected chi connectivity index (χ0v) is 10.3. The van der Waals surface area contributed by atoms with Gasteiger partial charge in [-0.1, -0.05) is 0 Å². The van der Waals surface area contributed by atoms with E-state index in [4.69, 9.17) is 5.11 Å². The van der Waals surface area contributed by atoms with Crippen LogP contribution in [0.15, 0.2) is 35.6 Å². The van der Waals surface area contributed by atoms with Gasteiger partial charge in [0.1, 0.15) is 6.04 Å². The number of nitrogens with zero attached hydrogens (tertiary/aromatic N) is 1. The normalized spacial score (nSPS) is 11.8. The first kappa shape index (κ1) is 13.5. The first-order valence-electron chi connectivity index (χ1n) is 5.76. The lowest BCUT2D eigenvalue weighted by Crippen LogP contribution is -2.42. The van der Waals surface area contributed by atoms with Gasteiger partial charge < -0.3 is 20.4 Å². The molecule has 0 aromatic carbocycles. The van der Waals surface area contributed by atoms with Crippen LogP contribution >= 0.6 is 0 Å². The van der Waals surface area contributed by atoms with Crippen molar-refractivity contribution in [1.29, 1.82) is 0 Å². The Balaban J connectivity index is 2.10. The van der Waals surface area contributed by atoms with Crippen LogP contribution in [0.4, 0.5) is 0 Å². The number of carbonyl (C=O) groups excluding carboxylic acids is 1. The first-order valence-corrected chi connectivity index (χ1v) is 5.76. The van der Waals surface area contributed by atoms with Gasteiger partial charge >= 0.3 is 5.97 Å². The zero-order chi connectivity index (χ0) is 14.5. The highest BCUT2D eigenvalue weighted by Crippen LogP contribution is 2.01. The summed E-state index contributed by atoms with van der Waals surface area (Å²) in [5.74, 6) is -1.79. The van der Waals surface area contributed by atoms with E-state index >= 15 is 0 Å². The second-order valence-corrected chi connectivity index (χ2v) is 4.09. The lowest BCUT2D eigenvalue weighted by atomic mass is 10.1. The van der Waals surface area contributed by atoms with Crippen molar-refractivity contribution >= 4 is 11.9 Å². The standard InChI is InChI=1S/C12H12N4O4/c17-10-3-7(1-2-14-10)11(18)16-9(12(19)20)4-8-5-13-6-15-8/h1-3,5-6,9H,4H2,(H,13,15)(H,14,17)(H,16,18)(H,19,20)/t9-/m1/s1. The fourth-order valence-corrected chi connectivity index (χ4v) is 1.64. The number of aliphatic carboxylic acids is 1. The molecule has 0 aliphatic rings. The van der Waals surface area contributed by atoms with E-state index in [1.807, 2.05) is 0 Å². The van der Waals surface area contributed by atoms with Crippen molar-refractivity contribution in [1.82, 2.24) is 20.3 Å². The van der Waals surface area contributed by atoms with E-state index in [1.54, 1.807) is 0 Å². The smallest absolute Gasteiger partial charge is 0.326 e. The zero-order valence-electron chi connectivity index (χ0n) is 10.3. The van der Waals surface area contributed by atoms with Crippen LogP contribution in [-0.2, 0) is 11.2 Å². The molecule has 20 heavy (non-hydrogen) atoms. The van der Waals surface area contributed by atoms with Gasteiger partial charge in [-0.2, -0.15) is 0 Å². The summed E-state index contributed by atoms with van der Waals surface area (Å²) in [5.41, 5.74) is 0.256. The van der Waals surface area contributed by atoms with E-state index in [0.717, 1.165) is 6.07 Å². The number of amides is 1. The monoisotopic (exact) mass is 276 g/mol. The Morgan fingerprint density at radius 2 is 2.20 bits per heavy atom. The predicted molar refractivity (Wildman–Crippen MR) is 68.2 cm³/mol. The molecule has 0 spiro atoms. The first-order chi connectivity index (χ1) is 9.56. The third-order valence-corrected chi connectivity index (χ3v) is 2.62. The molecule has 0 saturated carbocycles. The van der Waals surface area contributed by atoms with E-state index in [0.29, 0.717) is 5.69 Å². The average Bonchev–Trinajstić information content (AvgIpc) is 2.90.